The first-order valence-electron chi connectivity index (χ1n) is 4.99. The lowest BCUT2D eigenvalue weighted by Crippen LogP contribution is -2.03. The van der Waals surface area contributed by atoms with Crippen molar-refractivity contribution >= 4 is 22.4 Å². The second-order valence-corrected chi connectivity index (χ2v) is 3.95. The van der Waals surface area contributed by atoms with Crippen molar-refractivity contribution in [2.45, 2.75) is 6.92 Å². The van der Waals surface area contributed by atoms with Gasteiger partial charge in [-0.3, -0.25) is 0 Å². The zero-order valence-corrected chi connectivity index (χ0v) is 9.32. The van der Waals surface area contributed by atoms with Crippen molar-refractivity contribution in [2.75, 3.05) is 0 Å². The first kappa shape index (κ1) is 10.5. The van der Waals surface area contributed by atoms with E-state index in [0.717, 1.165) is 22.0 Å². The van der Waals surface area contributed by atoms with Crippen LogP contribution in [0.3, 0.4) is 0 Å². The Balaban J connectivity index is 2.72. The first-order valence-corrected chi connectivity index (χ1v) is 4.99. The van der Waals surface area contributed by atoms with Crippen LogP contribution in [-0.2, 0) is 7.05 Å². The van der Waals surface area contributed by atoms with Gasteiger partial charge in [-0.25, -0.2) is 4.79 Å². The summed E-state index contributed by atoms with van der Waals surface area (Å²) in [5.41, 5.74) is 3.23. The third-order valence-corrected chi connectivity index (χ3v) is 2.75. The van der Waals surface area contributed by atoms with E-state index in [4.69, 9.17) is 5.11 Å². The van der Waals surface area contributed by atoms with Gasteiger partial charge in [0.15, 0.2) is 0 Å². The lowest BCUT2D eigenvalue weighted by molar-refractivity contribution is 0.0687. The molecule has 0 amide bonds. The Bertz CT molecular complexity index is 593. The predicted octanol–water partition coefficient (Wildman–Crippen LogP) is 2.91. The van der Waals surface area contributed by atoms with Gasteiger partial charge in [-0.05, 0) is 30.7 Å². The Morgan fingerprint density at radius 3 is 2.62 bits per heavy atom. The highest BCUT2D eigenvalue weighted by Gasteiger charge is 2.11. The smallest absolute Gasteiger partial charge is 0.352 e. The minimum absolute atomic E-state index is 0.300. The lowest BCUT2D eigenvalue weighted by Gasteiger charge is -2.01. The summed E-state index contributed by atoms with van der Waals surface area (Å²) in [4.78, 5) is 11.0. The summed E-state index contributed by atoms with van der Waals surface area (Å²) < 4.78 is 1.68. The third kappa shape index (κ3) is 1.50. The molecule has 82 valence electrons. The van der Waals surface area contributed by atoms with Crippen molar-refractivity contribution in [3.8, 4) is 0 Å². The number of aryl methyl sites for hydroxylation is 1. The number of carboxylic acids is 1. The minimum Gasteiger partial charge on any atom is -0.477 e. The van der Waals surface area contributed by atoms with E-state index in [1.807, 2.05) is 25.1 Å². The van der Waals surface area contributed by atoms with Gasteiger partial charge in [0.1, 0.15) is 5.69 Å². The van der Waals surface area contributed by atoms with Crippen LogP contribution in [0.25, 0.3) is 16.5 Å². The van der Waals surface area contributed by atoms with Crippen molar-refractivity contribution in [2.24, 2.45) is 7.05 Å². The van der Waals surface area contributed by atoms with E-state index in [9.17, 15) is 4.79 Å². The molecule has 0 atom stereocenters. The standard InChI is InChI=1S/C13H13NO2/c1-8(2)9-4-5-11-10(6-9)7-12(13(15)16)14(11)3/h4-7H,1H2,2-3H3,(H,15,16). The van der Waals surface area contributed by atoms with Gasteiger partial charge in [0.25, 0.3) is 0 Å². The molecule has 16 heavy (non-hydrogen) atoms. The summed E-state index contributed by atoms with van der Waals surface area (Å²) >= 11 is 0. The first-order chi connectivity index (χ1) is 7.50. The van der Waals surface area contributed by atoms with Gasteiger partial charge < -0.3 is 9.67 Å². The van der Waals surface area contributed by atoms with E-state index in [0.29, 0.717) is 5.69 Å². The molecule has 1 N–H and O–H groups in total. The lowest BCUT2D eigenvalue weighted by atomic mass is 10.1. The van der Waals surface area contributed by atoms with Gasteiger partial charge in [-0.2, -0.15) is 0 Å². The number of carbonyl (C=O) groups is 1. The zero-order valence-electron chi connectivity index (χ0n) is 9.32. The highest BCUT2D eigenvalue weighted by atomic mass is 16.4. The van der Waals surface area contributed by atoms with E-state index in [1.165, 1.54) is 0 Å². The fraction of sp³-hybridized carbons (Fsp3) is 0.154. The monoisotopic (exact) mass is 215 g/mol. The Morgan fingerprint density at radius 2 is 2.06 bits per heavy atom. The van der Waals surface area contributed by atoms with Crippen LogP contribution >= 0.6 is 0 Å². The molecule has 0 bridgehead atoms. The molecule has 1 heterocycles. The molecule has 0 aliphatic carbocycles. The summed E-state index contributed by atoms with van der Waals surface area (Å²) in [5.74, 6) is -0.907. The number of nitrogens with zero attached hydrogens (tertiary/aromatic N) is 1. The average molecular weight is 215 g/mol. The van der Waals surface area contributed by atoms with Crippen LogP contribution in [0.5, 0.6) is 0 Å². The number of hydrogen-bond acceptors (Lipinski definition) is 1. The Kier molecular flexibility index (Phi) is 2.31. The SMILES string of the molecule is C=C(C)c1ccc2c(c1)cc(C(=O)O)n2C. The molecule has 1 aromatic heterocycles. The molecule has 0 saturated carbocycles. The normalized spacial score (nSPS) is 10.6. The molecule has 0 unspecified atom stereocenters. The number of aromatic nitrogens is 1. The fourth-order valence-corrected chi connectivity index (χ4v) is 1.82. The van der Waals surface area contributed by atoms with Gasteiger partial charge in [0.2, 0.25) is 0 Å². The molecule has 0 saturated heterocycles. The van der Waals surface area contributed by atoms with Gasteiger partial charge in [0.05, 0.1) is 0 Å². The summed E-state index contributed by atoms with van der Waals surface area (Å²) in [5, 5.41) is 9.94. The van der Waals surface area contributed by atoms with Crippen molar-refractivity contribution in [1.82, 2.24) is 4.57 Å². The second-order valence-electron chi connectivity index (χ2n) is 3.95. The van der Waals surface area contributed by atoms with Gasteiger partial charge in [0, 0.05) is 18.0 Å². The van der Waals surface area contributed by atoms with Crippen molar-refractivity contribution in [1.29, 1.82) is 0 Å². The molecular weight excluding hydrogens is 202 g/mol. The maximum absolute atomic E-state index is 11.0. The van der Waals surface area contributed by atoms with Gasteiger partial charge in [-0.15, -0.1) is 0 Å². The Morgan fingerprint density at radius 1 is 1.38 bits per heavy atom. The van der Waals surface area contributed by atoms with Crippen LogP contribution in [0.2, 0.25) is 0 Å². The maximum Gasteiger partial charge on any atom is 0.352 e. The van der Waals surface area contributed by atoms with Crippen molar-refractivity contribution < 1.29 is 9.90 Å². The van der Waals surface area contributed by atoms with E-state index in [1.54, 1.807) is 17.7 Å². The molecule has 0 spiro atoms. The summed E-state index contributed by atoms with van der Waals surface area (Å²) in [7, 11) is 1.76. The van der Waals surface area contributed by atoms with Crippen molar-refractivity contribution in [3.05, 3.63) is 42.1 Å². The minimum atomic E-state index is -0.907. The molecule has 2 aromatic rings. The predicted molar refractivity (Wildman–Crippen MR) is 64.6 cm³/mol. The summed E-state index contributed by atoms with van der Waals surface area (Å²) in [6, 6.07) is 7.52. The summed E-state index contributed by atoms with van der Waals surface area (Å²) in [6.07, 6.45) is 0. The maximum atomic E-state index is 11.0. The summed E-state index contributed by atoms with van der Waals surface area (Å²) in [6.45, 7) is 5.81. The molecule has 0 radical (unpaired) electrons. The molecular formula is C13H13NO2. The van der Waals surface area contributed by atoms with Gasteiger partial charge >= 0.3 is 5.97 Å². The number of aromatic carboxylic acids is 1. The number of allylic oxidation sites excluding steroid dienone is 1. The van der Waals surface area contributed by atoms with Crippen LogP contribution < -0.4 is 0 Å². The second kappa shape index (κ2) is 3.52. The Labute approximate surface area is 93.6 Å². The van der Waals surface area contributed by atoms with Gasteiger partial charge in [-0.1, -0.05) is 18.2 Å². The molecule has 0 aliphatic heterocycles. The highest BCUT2D eigenvalue weighted by Crippen LogP contribution is 2.23. The van der Waals surface area contributed by atoms with Crippen LogP contribution in [0.4, 0.5) is 0 Å². The van der Waals surface area contributed by atoms with Crippen LogP contribution in [0.1, 0.15) is 23.0 Å². The number of fused-ring (bicyclic) bond motifs is 1. The topological polar surface area (TPSA) is 42.2 Å². The number of benzene rings is 1. The number of carboxylic acid groups (broad SMARTS) is 1. The largest absolute Gasteiger partial charge is 0.477 e. The van der Waals surface area contributed by atoms with Crippen LogP contribution in [-0.4, -0.2) is 15.6 Å². The highest BCUT2D eigenvalue weighted by molar-refractivity contribution is 5.95. The number of rotatable bonds is 2. The third-order valence-electron chi connectivity index (χ3n) is 2.75. The molecule has 2 rings (SSSR count). The Hall–Kier alpha value is -2.03. The quantitative estimate of drug-likeness (QED) is 0.836. The van der Waals surface area contributed by atoms with Crippen LogP contribution in [0, 0.1) is 0 Å². The fourth-order valence-electron chi connectivity index (χ4n) is 1.82. The van der Waals surface area contributed by atoms with E-state index >= 15 is 0 Å². The average Bonchev–Trinajstić information content (AvgIpc) is 2.55. The molecule has 0 aliphatic rings. The van der Waals surface area contributed by atoms with E-state index < -0.39 is 5.97 Å². The molecule has 3 heteroatoms. The molecule has 1 aromatic carbocycles. The number of hydrogen-bond donors (Lipinski definition) is 1. The van der Waals surface area contributed by atoms with Crippen LogP contribution in [0.15, 0.2) is 30.8 Å². The van der Waals surface area contributed by atoms with Crippen molar-refractivity contribution in [3.63, 3.8) is 0 Å². The zero-order chi connectivity index (χ0) is 11.9. The molecule has 3 nitrogen and oxygen atoms in total. The molecule has 0 fully saturated rings. The van der Waals surface area contributed by atoms with E-state index in [2.05, 4.69) is 6.58 Å². The van der Waals surface area contributed by atoms with E-state index in [-0.39, 0.29) is 0 Å².